The Kier molecular flexibility index (Phi) is 4.23. The molecule has 0 aliphatic carbocycles. The minimum absolute atomic E-state index is 0.0268. The highest BCUT2D eigenvalue weighted by atomic mass is 16.4. The molecule has 2 atom stereocenters. The average molecular weight is 220 g/mol. The standard InChI is InChI=1S/C13H16O3/c1-9(13(15)16)8-12(14)10(2)11-6-4-3-5-7-11/h3-7,9-10H,8H2,1-2H3,(H,15,16). The highest BCUT2D eigenvalue weighted by molar-refractivity contribution is 5.88. The van der Waals surface area contributed by atoms with Crippen LogP contribution in [0, 0.1) is 5.92 Å². The van der Waals surface area contributed by atoms with E-state index in [1.165, 1.54) is 0 Å². The smallest absolute Gasteiger partial charge is 0.306 e. The molecule has 0 fully saturated rings. The summed E-state index contributed by atoms with van der Waals surface area (Å²) in [6.07, 6.45) is 0.0887. The molecule has 16 heavy (non-hydrogen) atoms. The first-order chi connectivity index (χ1) is 7.52. The van der Waals surface area contributed by atoms with Gasteiger partial charge in [-0.3, -0.25) is 9.59 Å². The number of benzene rings is 1. The summed E-state index contributed by atoms with van der Waals surface area (Å²) in [5.41, 5.74) is 0.935. The van der Waals surface area contributed by atoms with Crippen molar-refractivity contribution in [3.63, 3.8) is 0 Å². The SMILES string of the molecule is CC(CC(=O)C(C)c1ccccc1)C(=O)O. The molecule has 0 radical (unpaired) electrons. The van der Waals surface area contributed by atoms with Gasteiger partial charge in [0.15, 0.2) is 0 Å². The molecule has 0 saturated heterocycles. The Morgan fingerprint density at radius 2 is 1.75 bits per heavy atom. The Hall–Kier alpha value is -1.64. The molecule has 1 N–H and O–H groups in total. The molecule has 0 aliphatic rings. The molecule has 1 aromatic carbocycles. The van der Waals surface area contributed by atoms with E-state index in [4.69, 9.17) is 5.11 Å². The van der Waals surface area contributed by atoms with Crippen LogP contribution in [0.4, 0.5) is 0 Å². The zero-order valence-electron chi connectivity index (χ0n) is 9.51. The molecule has 86 valence electrons. The molecule has 0 bridgehead atoms. The van der Waals surface area contributed by atoms with Gasteiger partial charge >= 0.3 is 5.97 Å². The van der Waals surface area contributed by atoms with Crippen LogP contribution in [0.15, 0.2) is 30.3 Å². The van der Waals surface area contributed by atoms with E-state index < -0.39 is 11.9 Å². The summed E-state index contributed by atoms with van der Waals surface area (Å²) in [6.45, 7) is 3.37. The zero-order valence-corrected chi connectivity index (χ0v) is 9.51. The third-order valence-corrected chi connectivity index (χ3v) is 2.71. The second kappa shape index (κ2) is 5.45. The zero-order chi connectivity index (χ0) is 12.1. The molecule has 1 rings (SSSR count). The fraction of sp³-hybridized carbons (Fsp3) is 0.385. The summed E-state index contributed by atoms with van der Waals surface area (Å²) in [6, 6.07) is 9.40. The van der Waals surface area contributed by atoms with E-state index in [-0.39, 0.29) is 18.1 Å². The summed E-state index contributed by atoms with van der Waals surface area (Å²) in [5.74, 6) is -1.80. The summed E-state index contributed by atoms with van der Waals surface area (Å²) in [7, 11) is 0. The van der Waals surface area contributed by atoms with Gasteiger partial charge < -0.3 is 5.11 Å². The van der Waals surface area contributed by atoms with Gasteiger partial charge in [-0.2, -0.15) is 0 Å². The highest BCUT2D eigenvalue weighted by Gasteiger charge is 2.21. The summed E-state index contributed by atoms with van der Waals surface area (Å²) in [5, 5.41) is 8.73. The molecule has 0 amide bonds. The Balaban J connectivity index is 2.65. The van der Waals surface area contributed by atoms with Crippen LogP contribution in [0.25, 0.3) is 0 Å². The Bertz CT molecular complexity index is 370. The van der Waals surface area contributed by atoms with Crippen LogP contribution in [-0.2, 0) is 9.59 Å². The van der Waals surface area contributed by atoms with Crippen molar-refractivity contribution >= 4 is 11.8 Å². The lowest BCUT2D eigenvalue weighted by atomic mass is 9.91. The normalized spacial score (nSPS) is 14.1. The van der Waals surface area contributed by atoms with E-state index in [1.807, 2.05) is 37.3 Å². The summed E-state index contributed by atoms with van der Waals surface area (Å²) < 4.78 is 0. The molecule has 0 heterocycles. The van der Waals surface area contributed by atoms with Crippen LogP contribution in [0.1, 0.15) is 31.7 Å². The van der Waals surface area contributed by atoms with Crippen LogP contribution in [-0.4, -0.2) is 16.9 Å². The van der Waals surface area contributed by atoms with Crippen LogP contribution >= 0.6 is 0 Å². The molecule has 3 nitrogen and oxygen atoms in total. The number of carboxylic acids is 1. The second-order valence-electron chi connectivity index (χ2n) is 4.04. The van der Waals surface area contributed by atoms with Crippen molar-refractivity contribution in [2.45, 2.75) is 26.2 Å². The van der Waals surface area contributed by atoms with E-state index in [0.717, 1.165) is 5.56 Å². The van der Waals surface area contributed by atoms with Gasteiger partial charge in [0.05, 0.1) is 5.92 Å². The molecule has 3 heteroatoms. The van der Waals surface area contributed by atoms with Crippen LogP contribution in [0.3, 0.4) is 0 Å². The van der Waals surface area contributed by atoms with Crippen molar-refractivity contribution in [3.8, 4) is 0 Å². The van der Waals surface area contributed by atoms with E-state index in [9.17, 15) is 9.59 Å². The van der Waals surface area contributed by atoms with Crippen molar-refractivity contribution in [1.82, 2.24) is 0 Å². The van der Waals surface area contributed by atoms with Gasteiger partial charge in [0.1, 0.15) is 5.78 Å². The van der Waals surface area contributed by atoms with Crippen molar-refractivity contribution in [2.75, 3.05) is 0 Å². The van der Waals surface area contributed by atoms with Crippen LogP contribution < -0.4 is 0 Å². The minimum Gasteiger partial charge on any atom is -0.481 e. The van der Waals surface area contributed by atoms with Crippen molar-refractivity contribution in [1.29, 1.82) is 0 Å². The topological polar surface area (TPSA) is 54.4 Å². The first kappa shape index (κ1) is 12.4. The number of Topliss-reactive ketones (excluding diaryl/α,β-unsaturated/α-hetero) is 1. The number of ketones is 1. The second-order valence-corrected chi connectivity index (χ2v) is 4.04. The quantitative estimate of drug-likeness (QED) is 0.829. The average Bonchev–Trinajstić information content (AvgIpc) is 2.28. The van der Waals surface area contributed by atoms with E-state index >= 15 is 0 Å². The van der Waals surface area contributed by atoms with E-state index in [1.54, 1.807) is 6.92 Å². The van der Waals surface area contributed by atoms with E-state index in [0.29, 0.717) is 0 Å². The lowest BCUT2D eigenvalue weighted by Crippen LogP contribution is -2.18. The summed E-state index contributed by atoms with van der Waals surface area (Å²) >= 11 is 0. The summed E-state index contributed by atoms with van der Waals surface area (Å²) in [4.78, 5) is 22.4. The number of hydrogen-bond donors (Lipinski definition) is 1. The van der Waals surface area contributed by atoms with Gasteiger partial charge in [0, 0.05) is 12.3 Å². The molecule has 0 spiro atoms. The first-order valence-electron chi connectivity index (χ1n) is 5.33. The monoisotopic (exact) mass is 220 g/mol. The molecule has 1 aromatic rings. The van der Waals surface area contributed by atoms with E-state index in [2.05, 4.69) is 0 Å². The fourth-order valence-electron chi connectivity index (χ4n) is 1.49. The number of rotatable bonds is 5. The number of hydrogen-bond acceptors (Lipinski definition) is 2. The van der Waals surface area contributed by atoms with Crippen molar-refractivity contribution in [2.24, 2.45) is 5.92 Å². The highest BCUT2D eigenvalue weighted by Crippen LogP contribution is 2.19. The molecule has 2 unspecified atom stereocenters. The first-order valence-corrected chi connectivity index (χ1v) is 5.33. The number of carbonyl (C=O) groups excluding carboxylic acids is 1. The predicted octanol–water partition coefficient (Wildman–Crippen LogP) is 2.47. The maximum atomic E-state index is 11.8. The van der Waals surface area contributed by atoms with Gasteiger partial charge in [-0.05, 0) is 5.56 Å². The molecule has 0 aromatic heterocycles. The Morgan fingerprint density at radius 1 is 1.19 bits per heavy atom. The molecular weight excluding hydrogens is 204 g/mol. The third-order valence-electron chi connectivity index (χ3n) is 2.71. The largest absolute Gasteiger partial charge is 0.481 e. The van der Waals surface area contributed by atoms with Gasteiger partial charge in [0.2, 0.25) is 0 Å². The van der Waals surface area contributed by atoms with Gasteiger partial charge in [0.25, 0.3) is 0 Å². The lowest BCUT2D eigenvalue weighted by molar-refractivity contribution is -0.143. The fourth-order valence-corrected chi connectivity index (χ4v) is 1.49. The van der Waals surface area contributed by atoms with Crippen molar-refractivity contribution < 1.29 is 14.7 Å². The number of aliphatic carboxylic acids is 1. The van der Waals surface area contributed by atoms with Gasteiger partial charge in [-0.25, -0.2) is 0 Å². The maximum Gasteiger partial charge on any atom is 0.306 e. The number of carbonyl (C=O) groups is 2. The van der Waals surface area contributed by atoms with Gasteiger partial charge in [-0.1, -0.05) is 44.2 Å². The molecular formula is C13H16O3. The number of carboxylic acid groups (broad SMARTS) is 1. The Morgan fingerprint density at radius 3 is 2.25 bits per heavy atom. The Labute approximate surface area is 95.1 Å². The maximum absolute atomic E-state index is 11.8. The molecule has 0 saturated carbocycles. The third kappa shape index (κ3) is 3.19. The lowest BCUT2D eigenvalue weighted by Gasteiger charge is -2.12. The minimum atomic E-state index is -0.923. The van der Waals surface area contributed by atoms with Crippen LogP contribution in [0.2, 0.25) is 0 Å². The van der Waals surface area contributed by atoms with Crippen molar-refractivity contribution in [3.05, 3.63) is 35.9 Å². The predicted molar refractivity (Wildman–Crippen MR) is 61.3 cm³/mol. The van der Waals surface area contributed by atoms with Gasteiger partial charge in [-0.15, -0.1) is 0 Å². The molecule has 0 aliphatic heterocycles. The van der Waals surface area contributed by atoms with Crippen LogP contribution in [0.5, 0.6) is 0 Å².